The molecule has 144 valence electrons. The van der Waals surface area contributed by atoms with Crippen molar-refractivity contribution >= 4 is 5.91 Å². The number of carbonyl (C=O) groups excluding carboxylic acids is 1. The van der Waals surface area contributed by atoms with Crippen LogP contribution in [0.4, 0.5) is 0 Å². The maximum Gasteiger partial charge on any atom is 0.223 e. The summed E-state index contributed by atoms with van der Waals surface area (Å²) in [6.07, 6.45) is 9.54. The van der Waals surface area contributed by atoms with Gasteiger partial charge in [-0.05, 0) is 77.3 Å². The zero-order valence-corrected chi connectivity index (χ0v) is 16.4. The Balaban J connectivity index is 1.56. The number of likely N-dealkylation sites (tertiary alicyclic amines) is 2. The van der Waals surface area contributed by atoms with Gasteiger partial charge in [-0.3, -0.25) is 14.7 Å². The number of rotatable bonds is 6. The second-order valence-corrected chi connectivity index (χ2v) is 8.05. The summed E-state index contributed by atoms with van der Waals surface area (Å²) in [7, 11) is 0. The molecule has 1 amide bonds. The summed E-state index contributed by atoms with van der Waals surface area (Å²) in [4.78, 5) is 22.0. The van der Waals surface area contributed by atoms with Crippen molar-refractivity contribution in [3.8, 4) is 0 Å². The van der Waals surface area contributed by atoms with Gasteiger partial charge in [0.1, 0.15) is 0 Å². The minimum atomic E-state index is 0.168. The predicted octanol–water partition coefficient (Wildman–Crippen LogP) is 2.85. The van der Waals surface area contributed by atoms with Crippen LogP contribution in [0.1, 0.15) is 57.6 Å². The summed E-state index contributed by atoms with van der Waals surface area (Å²) in [6, 6.07) is 4.95. The molecule has 5 nitrogen and oxygen atoms in total. The average Bonchev–Trinajstić information content (AvgIpc) is 2.69. The van der Waals surface area contributed by atoms with Crippen molar-refractivity contribution in [2.24, 2.45) is 5.92 Å². The van der Waals surface area contributed by atoms with Crippen molar-refractivity contribution in [2.45, 2.75) is 58.0 Å². The van der Waals surface area contributed by atoms with Gasteiger partial charge in [0, 0.05) is 30.9 Å². The molecule has 1 N–H and O–H groups in total. The van der Waals surface area contributed by atoms with Gasteiger partial charge in [-0.2, -0.15) is 0 Å². The third kappa shape index (κ3) is 5.04. The SMILES string of the molecule is CC(C)N1CCC(C(=O)NC[C@@H](c2cccnc2)N2CCCCC2)CC1. The molecule has 1 aromatic heterocycles. The van der Waals surface area contributed by atoms with Gasteiger partial charge in [-0.1, -0.05) is 12.5 Å². The molecule has 0 aromatic carbocycles. The largest absolute Gasteiger partial charge is 0.354 e. The van der Waals surface area contributed by atoms with Crippen molar-refractivity contribution in [1.29, 1.82) is 0 Å². The zero-order valence-electron chi connectivity index (χ0n) is 16.4. The molecule has 2 aliphatic rings. The number of nitrogens with zero attached hydrogens (tertiary/aromatic N) is 3. The fourth-order valence-corrected chi connectivity index (χ4v) is 4.28. The third-order valence-corrected chi connectivity index (χ3v) is 6.00. The summed E-state index contributed by atoms with van der Waals surface area (Å²) < 4.78 is 0. The number of aromatic nitrogens is 1. The van der Waals surface area contributed by atoms with Gasteiger partial charge in [0.2, 0.25) is 5.91 Å². The summed E-state index contributed by atoms with van der Waals surface area (Å²) >= 11 is 0. The second-order valence-electron chi connectivity index (χ2n) is 8.05. The Hall–Kier alpha value is -1.46. The maximum atomic E-state index is 12.7. The molecular formula is C21H34N4O. The van der Waals surface area contributed by atoms with Crippen LogP contribution in [0.2, 0.25) is 0 Å². The van der Waals surface area contributed by atoms with E-state index in [0.29, 0.717) is 12.6 Å². The summed E-state index contributed by atoms with van der Waals surface area (Å²) in [5.74, 6) is 0.403. The quantitative estimate of drug-likeness (QED) is 0.849. The minimum Gasteiger partial charge on any atom is -0.354 e. The summed E-state index contributed by atoms with van der Waals surface area (Å²) in [6.45, 7) is 9.45. The van der Waals surface area contributed by atoms with Crippen molar-refractivity contribution in [2.75, 3.05) is 32.7 Å². The Morgan fingerprint density at radius 1 is 1.15 bits per heavy atom. The van der Waals surface area contributed by atoms with Crippen molar-refractivity contribution in [1.82, 2.24) is 20.1 Å². The molecular weight excluding hydrogens is 324 g/mol. The van der Waals surface area contributed by atoms with E-state index in [1.54, 1.807) is 0 Å². The first kappa shape index (κ1) is 19.3. The fraction of sp³-hybridized carbons (Fsp3) is 0.714. The highest BCUT2D eigenvalue weighted by atomic mass is 16.1. The molecule has 3 rings (SSSR count). The first-order chi connectivity index (χ1) is 12.6. The monoisotopic (exact) mass is 358 g/mol. The van der Waals surface area contributed by atoms with Crippen LogP contribution >= 0.6 is 0 Å². The Morgan fingerprint density at radius 3 is 2.50 bits per heavy atom. The molecule has 0 aliphatic carbocycles. The van der Waals surface area contributed by atoms with E-state index in [-0.39, 0.29) is 17.9 Å². The lowest BCUT2D eigenvalue weighted by molar-refractivity contribution is -0.126. The van der Waals surface area contributed by atoms with Crippen LogP contribution in [-0.4, -0.2) is 59.5 Å². The fourth-order valence-electron chi connectivity index (χ4n) is 4.28. The molecule has 0 bridgehead atoms. The summed E-state index contributed by atoms with van der Waals surface area (Å²) in [5, 5.41) is 3.27. The molecule has 1 aromatic rings. The van der Waals surface area contributed by atoms with E-state index in [1.807, 2.05) is 18.5 Å². The van der Waals surface area contributed by atoms with E-state index in [1.165, 1.54) is 24.8 Å². The van der Waals surface area contributed by atoms with Gasteiger partial charge >= 0.3 is 0 Å². The van der Waals surface area contributed by atoms with Crippen molar-refractivity contribution in [3.05, 3.63) is 30.1 Å². The molecule has 0 radical (unpaired) electrons. The second kappa shape index (κ2) is 9.47. The standard InChI is InChI=1S/C21H34N4O/c1-17(2)24-13-8-18(9-14-24)21(26)23-16-20(19-7-6-10-22-15-19)25-11-4-3-5-12-25/h6-7,10,15,17-18,20H,3-5,8-9,11-14,16H2,1-2H3,(H,23,26)/t20-/m0/s1. The van der Waals surface area contributed by atoms with Crippen LogP contribution in [0.5, 0.6) is 0 Å². The van der Waals surface area contributed by atoms with Gasteiger partial charge in [-0.15, -0.1) is 0 Å². The highest BCUT2D eigenvalue weighted by Crippen LogP contribution is 2.24. The first-order valence-corrected chi connectivity index (χ1v) is 10.3. The Labute approximate surface area is 158 Å². The highest BCUT2D eigenvalue weighted by Gasteiger charge is 2.28. The van der Waals surface area contributed by atoms with E-state index >= 15 is 0 Å². The van der Waals surface area contributed by atoms with E-state index in [0.717, 1.165) is 39.0 Å². The molecule has 2 fully saturated rings. The lowest BCUT2D eigenvalue weighted by atomic mass is 9.95. The van der Waals surface area contributed by atoms with E-state index in [4.69, 9.17) is 0 Å². The predicted molar refractivity (Wildman–Crippen MR) is 105 cm³/mol. The summed E-state index contributed by atoms with van der Waals surface area (Å²) in [5.41, 5.74) is 1.21. The molecule has 2 aliphatic heterocycles. The minimum absolute atomic E-state index is 0.168. The van der Waals surface area contributed by atoms with Crippen molar-refractivity contribution < 1.29 is 4.79 Å². The van der Waals surface area contributed by atoms with E-state index in [2.05, 4.69) is 40.0 Å². The molecule has 0 unspecified atom stereocenters. The van der Waals surface area contributed by atoms with Gasteiger partial charge < -0.3 is 10.2 Å². The van der Waals surface area contributed by atoms with Crippen molar-refractivity contribution in [3.63, 3.8) is 0 Å². The van der Waals surface area contributed by atoms with Crippen LogP contribution in [-0.2, 0) is 4.79 Å². The van der Waals surface area contributed by atoms with E-state index in [9.17, 15) is 4.79 Å². The lowest BCUT2D eigenvalue weighted by Gasteiger charge is -2.36. The molecule has 1 atom stereocenters. The number of hydrogen-bond acceptors (Lipinski definition) is 4. The van der Waals surface area contributed by atoms with Crippen LogP contribution in [0.25, 0.3) is 0 Å². The lowest BCUT2D eigenvalue weighted by Crippen LogP contribution is -2.45. The Kier molecular flexibility index (Phi) is 7.03. The normalized spacial score (nSPS) is 21.7. The van der Waals surface area contributed by atoms with Gasteiger partial charge in [0.15, 0.2) is 0 Å². The smallest absolute Gasteiger partial charge is 0.223 e. The molecule has 2 saturated heterocycles. The van der Waals surface area contributed by atoms with Crippen LogP contribution < -0.4 is 5.32 Å². The van der Waals surface area contributed by atoms with Crippen LogP contribution in [0, 0.1) is 5.92 Å². The zero-order chi connectivity index (χ0) is 18.4. The van der Waals surface area contributed by atoms with Gasteiger partial charge in [0.05, 0.1) is 6.04 Å². The van der Waals surface area contributed by atoms with Crippen LogP contribution in [0.3, 0.4) is 0 Å². The Bertz CT molecular complexity index is 548. The third-order valence-electron chi connectivity index (χ3n) is 6.00. The number of amides is 1. The number of carbonyl (C=O) groups is 1. The topological polar surface area (TPSA) is 48.5 Å². The number of hydrogen-bond donors (Lipinski definition) is 1. The first-order valence-electron chi connectivity index (χ1n) is 10.3. The number of nitrogens with one attached hydrogen (secondary N) is 1. The Morgan fingerprint density at radius 2 is 1.88 bits per heavy atom. The molecule has 3 heterocycles. The molecule has 0 saturated carbocycles. The van der Waals surface area contributed by atoms with Gasteiger partial charge in [0.25, 0.3) is 0 Å². The van der Waals surface area contributed by atoms with E-state index < -0.39 is 0 Å². The molecule has 26 heavy (non-hydrogen) atoms. The van der Waals surface area contributed by atoms with Gasteiger partial charge in [-0.25, -0.2) is 0 Å². The number of piperidine rings is 2. The van der Waals surface area contributed by atoms with Crippen LogP contribution in [0.15, 0.2) is 24.5 Å². The molecule has 0 spiro atoms. The maximum absolute atomic E-state index is 12.7. The average molecular weight is 359 g/mol. The highest BCUT2D eigenvalue weighted by molar-refractivity contribution is 5.78. The molecule has 5 heteroatoms. The number of pyridine rings is 1.